The summed E-state index contributed by atoms with van der Waals surface area (Å²) in [6.45, 7) is 3.63. The summed E-state index contributed by atoms with van der Waals surface area (Å²) in [6.07, 6.45) is 3.30. The van der Waals surface area contributed by atoms with E-state index >= 15 is 0 Å². The van der Waals surface area contributed by atoms with E-state index in [2.05, 4.69) is 0 Å². The summed E-state index contributed by atoms with van der Waals surface area (Å²) in [5.74, 6) is 1.03. The molecule has 0 saturated carbocycles. The average Bonchev–Trinajstić information content (AvgIpc) is 2.59. The highest BCUT2D eigenvalue weighted by Gasteiger charge is 2.24. The van der Waals surface area contributed by atoms with Crippen molar-refractivity contribution in [2.75, 3.05) is 39.9 Å². The zero-order chi connectivity index (χ0) is 17.6. The monoisotopic (exact) mass is 346 g/mol. The van der Waals surface area contributed by atoms with Gasteiger partial charge in [0.2, 0.25) is 5.91 Å². The van der Waals surface area contributed by atoms with Gasteiger partial charge in [0.05, 0.1) is 13.0 Å². The van der Waals surface area contributed by atoms with Gasteiger partial charge in [-0.05, 0) is 30.7 Å². The van der Waals surface area contributed by atoms with Crippen LogP contribution in [0.1, 0.15) is 36.0 Å². The van der Waals surface area contributed by atoms with Gasteiger partial charge in [-0.15, -0.1) is 0 Å². The van der Waals surface area contributed by atoms with Crippen LogP contribution < -0.4 is 4.74 Å². The summed E-state index contributed by atoms with van der Waals surface area (Å²) in [4.78, 5) is 27.9. The van der Waals surface area contributed by atoms with E-state index in [0.29, 0.717) is 18.6 Å². The van der Waals surface area contributed by atoms with E-state index in [0.717, 1.165) is 51.2 Å². The van der Waals surface area contributed by atoms with Gasteiger partial charge in [0, 0.05) is 51.7 Å². The first-order chi connectivity index (χ1) is 12.2. The maximum Gasteiger partial charge on any atom is 0.253 e. The van der Waals surface area contributed by atoms with E-state index in [-0.39, 0.29) is 17.9 Å². The van der Waals surface area contributed by atoms with Crippen molar-refractivity contribution in [3.8, 4) is 5.75 Å². The first-order valence-corrected chi connectivity index (χ1v) is 9.00. The molecular formula is C19H26N2O4. The van der Waals surface area contributed by atoms with E-state index in [1.165, 1.54) is 0 Å². The van der Waals surface area contributed by atoms with Gasteiger partial charge in [-0.2, -0.15) is 0 Å². The van der Waals surface area contributed by atoms with Crippen molar-refractivity contribution in [1.82, 2.24) is 9.80 Å². The Morgan fingerprint density at radius 2 is 1.72 bits per heavy atom. The van der Waals surface area contributed by atoms with Gasteiger partial charge in [0.25, 0.3) is 5.91 Å². The Balaban J connectivity index is 1.45. The third-order valence-corrected chi connectivity index (χ3v) is 4.86. The highest BCUT2D eigenvalue weighted by molar-refractivity contribution is 5.94. The molecule has 2 amide bonds. The van der Waals surface area contributed by atoms with Crippen molar-refractivity contribution in [3.05, 3.63) is 29.8 Å². The summed E-state index contributed by atoms with van der Waals surface area (Å²) in [7, 11) is 1.61. The van der Waals surface area contributed by atoms with Crippen LogP contribution in [0.15, 0.2) is 24.3 Å². The Hall–Kier alpha value is -2.08. The maximum atomic E-state index is 12.1. The molecule has 136 valence electrons. The highest BCUT2D eigenvalue weighted by atomic mass is 16.5. The Bertz CT molecular complexity index is 590. The van der Waals surface area contributed by atoms with Crippen molar-refractivity contribution < 1.29 is 19.1 Å². The second-order valence-electron chi connectivity index (χ2n) is 6.61. The van der Waals surface area contributed by atoms with Crippen LogP contribution in [0, 0.1) is 0 Å². The minimum absolute atomic E-state index is 0.0979. The van der Waals surface area contributed by atoms with E-state index in [1.54, 1.807) is 7.11 Å². The van der Waals surface area contributed by atoms with Crippen LogP contribution in [-0.2, 0) is 9.53 Å². The van der Waals surface area contributed by atoms with Crippen LogP contribution in [0.25, 0.3) is 0 Å². The predicted molar refractivity (Wildman–Crippen MR) is 93.7 cm³/mol. The minimum Gasteiger partial charge on any atom is -0.490 e. The summed E-state index contributed by atoms with van der Waals surface area (Å²) < 4.78 is 11.0. The SMILES string of the molecule is COCCC(=O)N1CCC(Oc2ccc(C(=O)N3CCC3)cc2)CC1. The van der Waals surface area contributed by atoms with Gasteiger partial charge >= 0.3 is 0 Å². The van der Waals surface area contributed by atoms with Crippen LogP contribution in [-0.4, -0.2) is 67.6 Å². The molecule has 1 aromatic carbocycles. The number of hydrogen-bond acceptors (Lipinski definition) is 4. The zero-order valence-corrected chi connectivity index (χ0v) is 14.8. The van der Waals surface area contributed by atoms with E-state index in [9.17, 15) is 9.59 Å². The summed E-state index contributed by atoms with van der Waals surface area (Å²) in [5, 5.41) is 0. The first kappa shape index (κ1) is 17.7. The quantitative estimate of drug-likeness (QED) is 0.790. The second-order valence-corrected chi connectivity index (χ2v) is 6.61. The molecule has 2 saturated heterocycles. The lowest BCUT2D eigenvalue weighted by Gasteiger charge is -2.32. The van der Waals surface area contributed by atoms with Crippen LogP contribution in [0.5, 0.6) is 5.75 Å². The highest BCUT2D eigenvalue weighted by Crippen LogP contribution is 2.21. The largest absolute Gasteiger partial charge is 0.490 e. The Labute approximate surface area is 148 Å². The summed E-state index contributed by atoms with van der Waals surface area (Å²) in [5.41, 5.74) is 0.714. The summed E-state index contributed by atoms with van der Waals surface area (Å²) in [6, 6.07) is 7.39. The van der Waals surface area contributed by atoms with Crippen LogP contribution in [0.4, 0.5) is 0 Å². The molecule has 1 aromatic rings. The lowest BCUT2D eigenvalue weighted by molar-refractivity contribution is -0.133. The molecule has 6 heteroatoms. The number of benzene rings is 1. The fourth-order valence-corrected chi connectivity index (χ4v) is 3.14. The smallest absolute Gasteiger partial charge is 0.253 e. The number of likely N-dealkylation sites (tertiary alicyclic amines) is 2. The molecule has 2 heterocycles. The van der Waals surface area contributed by atoms with Gasteiger partial charge in [0.15, 0.2) is 0 Å². The minimum atomic E-state index is 0.0979. The zero-order valence-electron chi connectivity index (χ0n) is 14.8. The topological polar surface area (TPSA) is 59.1 Å². The van der Waals surface area contributed by atoms with Crippen molar-refractivity contribution in [2.45, 2.75) is 31.8 Å². The van der Waals surface area contributed by atoms with E-state index in [4.69, 9.17) is 9.47 Å². The molecule has 3 rings (SSSR count). The van der Waals surface area contributed by atoms with Crippen LogP contribution in [0.2, 0.25) is 0 Å². The predicted octanol–water partition coefficient (Wildman–Crippen LogP) is 1.94. The number of ether oxygens (including phenoxy) is 2. The van der Waals surface area contributed by atoms with Gasteiger partial charge < -0.3 is 19.3 Å². The molecule has 25 heavy (non-hydrogen) atoms. The summed E-state index contributed by atoms with van der Waals surface area (Å²) >= 11 is 0. The molecule has 0 N–H and O–H groups in total. The fraction of sp³-hybridized carbons (Fsp3) is 0.579. The lowest BCUT2D eigenvalue weighted by atomic mass is 10.1. The van der Waals surface area contributed by atoms with Crippen LogP contribution in [0.3, 0.4) is 0 Å². The number of amides is 2. The van der Waals surface area contributed by atoms with Gasteiger partial charge in [-0.25, -0.2) is 0 Å². The molecule has 0 unspecified atom stereocenters. The van der Waals surface area contributed by atoms with Crippen molar-refractivity contribution in [1.29, 1.82) is 0 Å². The molecule has 0 atom stereocenters. The molecule has 0 radical (unpaired) electrons. The maximum absolute atomic E-state index is 12.1. The Kier molecular flexibility index (Phi) is 5.91. The van der Waals surface area contributed by atoms with Crippen molar-refractivity contribution >= 4 is 11.8 Å². The lowest BCUT2D eigenvalue weighted by Crippen LogP contribution is -2.42. The molecular weight excluding hydrogens is 320 g/mol. The third-order valence-electron chi connectivity index (χ3n) is 4.86. The van der Waals surface area contributed by atoms with Gasteiger partial charge in [0.1, 0.15) is 11.9 Å². The number of nitrogens with zero attached hydrogens (tertiary/aromatic N) is 2. The van der Waals surface area contributed by atoms with Crippen LogP contribution >= 0.6 is 0 Å². The molecule has 0 aliphatic carbocycles. The molecule has 2 aliphatic rings. The normalized spacial score (nSPS) is 18.0. The number of piperidine rings is 1. The average molecular weight is 346 g/mol. The van der Waals surface area contributed by atoms with E-state index in [1.807, 2.05) is 34.1 Å². The number of hydrogen-bond donors (Lipinski definition) is 0. The number of methoxy groups -OCH3 is 1. The third kappa shape index (κ3) is 4.51. The molecule has 2 aliphatic heterocycles. The molecule has 0 spiro atoms. The van der Waals surface area contributed by atoms with E-state index < -0.39 is 0 Å². The number of carbonyl (C=O) groups is 2. The molecule has 0 bridgehead atoms. The van der Waals surface area contributed by atoms with Crippen molar-refractivity contribution in [3.63, 3.8) is 0 Å². The standard InChI is InChI=1S/C19H26N2O4/c1-24-14-9-18(22)20-12-7-17(8-13-20)25-16-5-3-15(4-6-16)19(23)21-10-2-11-21/h3-6,17H,2,7-14H2,1H3. The van der Waals surface area contributed by atoms with Gasteiger partial charge in [-0.1, -0.05) is 0 Å². The van der Waals surface area contributed by atoms with Crippen molar-refractivity contribution in [2.24, 2.45) is 0 Å². The van der Waals surface area contributed by atoms with Gasteiger partial charge in [-0.3, -0.25) is 9.59 Å². The number of carbonyl (C=O) groups excluding carboxylic acids is 2. The molecule has 6 nitrogen and oxygen atoms in total. The molecule has 0 aromatic heterocycles. The second kappa shape index (κ2) is 8.34. The first-order valence-electron chi connectivity index (χ1n) is 9.00. The number of rotatable bonds is 6. The molecule has 2 fully saturated rings. The fourth-order valence-electron chi connectivity index (χ4n) is 3.14. The Morgan fingerprint density at radius 3 is 2.28 bits per heavy atom. The Morgan fingerprint density at radius 1 is 1.04 bits per heavy atom.